The third kappa shape index (κ3) is 4.27. The van der Waals surface area contributed by atoms with Gasteiger partial charge in [0.25, 0.3) is 0 Å². The summed E-state index contributed by atoms with van der Waals surface area (Å²) in [5.74, 6) is -0.354. The average Bonchev–Trinajstić information content (AvgIpc) is 2.25. The van der Waals surface area contributed by atoms with Crippen LogP contribution in [0.3, 0.4) is 0 Å². The number of carbonyl (C=O) groups is 1. The number of likely N-dealkylation sites (tertiary alicyclic amines) is 1. The number of nitrogens with zero attached hydrogens (tertiary/aromatic N) is 1. The molecule has 13 heavy (non-hydrogen) atoms. The molecule has 1 amide bonds. The van der Waals surface area contributed by atoms with Crippen molar-refractivity contribution in [1.29, 1.82) is 0 Å². The minimum atomic E-state index is -1.75. The standard InChI is InChI=1S/C10H20N2O/c1-10(2,3)11-9(13)8-12-6-4-5-7-12/h4-8H2,1-3H3,(H,11,13)/i6D2,7D2. The summed E-state index contributed by atoms with van der Waals surface area (Å²) >= 11 is 0. The first kappa shape index (κ1) is 6.02. The van der Waals surface area contributed by atoms with Gasteiger partial charge in [-0.25, -0.2) is 0 Å². The monoisotopic (exact) mass is 188 g/mol. The number of amides is 1. The lowest BCUT2D eigenvalue weighted by molar-refractivity contribution is -0.123. The summed E-state index contributed by atoms with van der Waals surface area (Å²) in [6, 6.07) is 0. The van der Waals surface area contributed by atoms with Gasteiger partial charge < -0.3 is 5.32 Å². The molecule has 0 aliphatic carbocycles. The first-order chi connectivity index (χ1) is 7.44. The zero-order chi connectivity index (χ0) is 13.5. The van der Waals surface area contributed by atoms with E-state index >= 15 is 0 Å². The van der Waals surface area contributed by atoms with Crippen LogP contribution >= 0.6 is 0 Å². The Balaban J connectivity index is 2.70. The van der Waals surface area contributed by atoms with Crippen LogP contribution in [0.15, 0.2) is 0 Å². The molecule has 1 fully saturated rings. The fourth-order valence-electron chi connectivity index (χ4n) is 1.15. The van der Waals surface area contributed by atoms with E-state index < -0.39 is 18.5 Å². The van der Waals surface area contributed by atoms with Gasteiger partial charge >= 0.3 is 0 Å². The van der Waals surface area contributed by atoms with Crippen LogP contribution in [0.5, 0.6) is 0 Å². The molecule has 1 rings (SSSR count). The summed E-state index contributed by atoms with van der Waals surface area (Å²) < 4.78 is 30.8. The summed E-state index contributed by atoms with van der Waals surface area (Å²) in [5, 5.41) is 2.71. The molecule has 0 aromatic rings. The second-order valence-corrected chi connectivity index (χ2v) is 4.20. The van der Waals surface area contributed by atoms with Crippen LogP contribution in [0, 0.1) is 0 Å². The normalized spacial score (nSPS) is 31.3. The summed E-state index contributed by atoms with van der Waals surface area (Å²) in [4.78, 5) is 12.7. The largest absolute Gasteiger partial charge is 0.350 e. The van der Waals surface area contributed by atoms with E-state index in [-0.39, 0.29) is 25.3 Å². The highest BCUT2D eigenvalue weighted by Gasteiger charge is 2.18. The van der Waals surface area contributed by atoms with Crippen LogP contribution in [0.25, 0.3) is 0 Å². The van der Waals surface area contributed by atoms with Gasteiger partial charge in [0.2, 0.25) is 5.91 Å². The molecule has 3 heteroatoms. The molecule has 0 radical (unpaired) electrons. The smallest absolute Gasteiger partial charge is 0.234 e. The van der Waals surface area contributed by atoms with E-state index in [0.29, 0.717) is 0 Å². The highest BCUT2D eigenvalue weighted by atomic mass is 16.2. The Kier molecular flexibility index (Phi) is 1.89. The predicted octanol–water partition coefficient (Wildman–Crippen LogP) is 0.997. The van der Waals surface area contributed by atoms with Crippen LogP contribution in [0.4, 0.5) is 0 Å². The summed E-state index contributed by atoms with van der Waals surface area (Å²) in [6.45, 7) is 1.74. The zero-order valence-electron chi connectivity index (χ0n) is 12.5. The Morgan fingerprint density at radius 1 is 1.46 bits per heavy atom. The third-order valence-electron chi connectivity index (χ3n) is 1.55. The number of rotatable bonds is 2. The van der Waals surface area contributed by atoms with E-state index in [1.54, 1.807) is 0 Å². The van der Waals surface area contributed by atoms with Crippen LogP contribution in [0.2, 0.25) is 0 Å². The Bertz CT molecular complexity index is 296. The maximum Gasteiger partial charge on any atom is 0.234 e. The van der Waals surface area contributed by atoms with Crippen molar-refractivity contribution in [2.75, 3.05) is 19.5 Å². The van der Waals surface area contributed by atoms with Crippen molar-refractivity contribution < 1.29 is 10.3 Å². The first-order valence-electron chi connectivity index (χ1n) is 6.53. The topological polar surface area (TPSA) is 32.3 Å². The zero-order valence-corrected chi connectivity index (χ0v) is 8.48. The maximum atomic E-state index is 11.7. The van der Waals surface area contributed by atoms with Gasteiger partial charge in [-0.1, -0.05) is 0 Å². The van der Waals surface area contributed by atoms with E-state index in [2.05, 4.69) is 5.32 Å². The second kappa shape index (κ2) is 4.09. The number of nitrogens with one attached hydrogen (secondary N) is 1. The highest BCUT2D eigenvalue weighted by molar-refractivity contribution is 5.78. The predicted molar refractivity (Wildman–Crippen MR) is 53.6 cm³/mol. The van der Waals surface area contributed by atoms with Crippen molar-refractivity contribution in [3.05, 3.63) is 0 Å². The van der Waals surface area contributed by atoms with Gasteiger partial charge in [0.15, 0.2) is 0 Å². The van der Waals surface area contributed by atoms with Crippen molar-refractivity contribution in [2.45, 2.75) is 39.2 Å². The van der Waals surface area contributed by atoms with E-state index in [1.165, 1.54) is 0 Å². The maximum absolute atomic E-state index is 11.7. The summed E-state index contributed by atoms with van der Waals surface area (Å²) in [5.41, 5.74) is -0.393. The first-order valence-corrected chi connectivity index (χ1v) is 4.53. The van der Waals surface area contributed by atoms with Gasteiger partial charge in [0.05, 0.1) is 6.54 Å². The molecule has 3 nitrogen and oxygen atoms in total. The molecule has 1 aliphatic heterocycles. The fourth-order valence-corrected chi connectivity index (χ4v) is 1.15. The van der Waals surface area contributed by atoms with Crippen molar-refractivity contribution in [3.8, 4) is 0 Å². The second-order valence-electron chi connectivity index (χ2n) is 4.20. The van der Waals surface area contributed by atoms with E-state index in [1.807, 2.05) is 20.8 Å². The Morgan fingerprint density at radius 2 is 2.00 bits per heavy atom. The lowest BCUT2D eigenvalue weighted by Crippen LogP contribution is -2.45. The van der Waals surface area contributed by atoms with Crippen LogP contribution in [-0.4, -0.2) is 35.9 Å². The van der Waals surface area contributed by atoms with E-state index in [0.717, 1.165) is 4.90 Å². The lowest BCUT2D eigenvalue weighted by Gasteiger charge is -2.22. The van der Waals surface area contributed by atoms with Crippen LogP contribution < -0.4 is 5.32 Å². The quantitative estimate of drug-likeness (QED) is 0.701. The molecule has 1 N–H and O–H groups in total. The van der Waals surface area contributed by atoms with Crippen molar-refractivity contribution in [3.63, 3.8) is 0 Å². The van der Waals surface area contributed by atoms with Gasteiger partial charge in [0.1, 0.15) is 0 Å². The van der Waals surface area contributed by atoms with Gasteiger partial charge in [-0.3, -0.25) is 9.69 Å². The lowest BCUT2D eigenvalue weighted by atomic mass is 10.1. The molecule has 0 saturated carbocycles. The SMILES string of the molecule is [2H]C1([2H])CCC([2H])([2H])N1CC(=O)NC(C)(C)C. The molecular formula is C10H20N2O. The average molecular weight is 188 g/mol. The third-order valence-corrected chi connectivity index (χ3v) is 1.55. The van der Waals surface area contributed by atoms with Crippen LogP contribution in [-0.2, 0) is 4.79 Å². The van der Waals surface area contributed by atoms with Crippen LogP contribution in [0.1, 0.15) is 39.1 Å². The van der Waals surface area contributed by atoms with Gasteiger partial charge in [0, 0.05) is 11.0 Å². The molecule has 76 valence electrons. The fraction of sp³-hybridized carbons (Fsp3) is 0.900. The van der Waals surface area contributed by atoms with Gasteiger partial charge in [-0.2, -0.15) is 0 Å². The van der Waals surface area contributed by atoms with Crippen molar-refractivity contribution in [2.24, 2.45) is 0 Å². The Morgan fingerprint density at radius 3 is 2.46 bits per heavy atom. The highest BCUT2D eigenvalue weighted by Crippen LogP contribution is 2.06. The number of carbonyl (C=O) groups excluding carboxylic acids is 1. The molecular weight excluding hydrogens is 164 g/mol. The molecule has 0 aromatic heterocycles. The summed E-state index contributed by atoms with van der Waals surface area (Å²) in [7, 11) is 0. The molecule has 0 aromatic carbocycles. The molecule has 1 aliphatic rings. The molecule has 1 heterocycles. The molecule has 0 atom stereocenters. The summed E-state index contributed by atoms with van der Waals surface area (Å²) in [6.07, 6.45) is 0.228. The number of hydrogen-bond acceptors (Lipinski definition) is 2. The van der Waals surface area contributed by atoms with E-state index in [9.17, 15) is 4.79 Å². The molecule has 0 bridgehead atoms. The van der Waals surface area contributed by atoms with Crippen molar-refractivity contribution >= 4 is 5.91 Å². The minimum absolute atomic E-state index is 0.114. The molecule has 1 saturated heterocycles. The molecule has 0 spiro atoms. The Hall–Kier alpha value is -0.570. The Labute approximate surface area is 86.1 Å². The van der Waals surface area contributed by atoms with Gasteiger partial charge in [-0.05, 0) is 46.6 Å². The van der Waals surface area contributed by atoms with Crippen molar-refractivity contribution in [1.82, 2.24) is 10.2 Å². The minimum Gasteiger partial charge on any atom is -0.350 e. The van der Waals surface area contributed by atoms with Gasteiger partial charge in [-0.15, -0.1) is 0 Å². The van der Waals surface area contributed by atoms with E-state index in [4.69, 9.17) is 5.48 Å². The molecule has 0 unspecified atom stereocenters. The number of hydrogen-bond donors (Lipinski definition) is 1.